The molecular weight excluding hydrogens is 334 g/mol. The Balaban J connectivity index is 1.47. The second-order valence-electron chi connectivity index (χ2n) is 7.51. The summed E-state index contributed by atoms with van der Waals surface area (Å²) < 4.78 is 0. The largest absolute Gasteiger partial charge is 0.465 e. The van der Waals surface area contributed by atoms with E-state index in [0.29, 0.717) is 18.9 Å². The molecule has 4 heterocycles. The van der Waals surface area contributed by atoms with Gasteiger partial charge in [0, 0.05) is 36.7 Å². The van der Waals surface area contributed by atoms with Gasteiger partial charge in [-0.2, -0.15) is 0 Å². The minimum atomic E-state index is -0.823. The lowest BCUT2D eigenvalue weighted by Gasteiger charge is -2.40. The van der Waals surface area contributed by atoms with Crippen molar-refractivity contribution in [1.29, 1.82) is 0 Å². The molecule has 136 valence electrons. The van der Waals surface area contributed by atoms with Crippen molar-refractivity contribution in [3.8, 4) is 0 Å². The van der Waals surface area contributed by atoms with Gasteiger partial charge in [0.15, 0.2) is 0 Å². The van der Waals surface area contributed by atoms with Gasteiger partial charge in [-0.05, 0) is 31.7 Å². The van der Waals surface area contributed by atoms with Crippen LogP contribution in [0.4, 0.5) is 16.3 Å². The quantitative estimate of drug-likeness (QED) is 0.784. The Morgan fingerprint density at radius 3 is 2.58 bits per heavy atom. The van der Waals surface area contributed by atoms with Crippen molar-refractivity contribution in [2.24, 2.45) is 5.92 Å². The first-order valence-corrected chi connectivity index (χ1v) is 9.15. The third kappa shape index (κ3) is 2.48. The molecule has 2 aromatic rings. The molecule has 2 unspecified atom stereocenters. The number of pyridine rings is 1. The molecule has 2 saturated heterocycles. The molecule has 26 heavy (non-hydrogen) atoms. The third-order valence-corrected chi connectivity index (χ3v) is 5.75. The Hall–Kier alpha value is -2.77. The summed E-state index contributed by atoms with van der Waals surface area (Å²) in [5.41, 5.74) is 1.74. The second-order valence-corrected chi connectivity index (χ2v) is 7.51. The molecule has 8 nitrogen and oxygen atoms in total. The second kappa shape index (κ2) is 5.62. The molecule has 2 bridgehead atoms. The first-order valence-electron chi connectivity index (χ1n) is 9.15. The standard InChI is InChI=1S/C18H21N5O3/c24-17(10-1-2-10)21-15-7-14(13-5-6-19-16(13)20-15)22-8-11-3-4-12(9-22)23(11)18(25)26/h5-7,10-12H,1-4,8-9H2,(H,25,26)(H2,19,20,21,24). The molecule has 1 aliphatic carbocycles. The number of nitrogens with one attached hydrogen (secondary N) is 2. The lowest BCUT2D eigenvalue weighted by Crippen LogP contribution is -2.55. The average molecular weight is 355 g/mol. The van der Waals surface area contributed by atoms with Crippen molar-refractivity contribution in [3.05, 3.63) is 18.3 Å². The van der Waals surface area contributed by atoms with Crippen LogP contribution in [0, 0.1) is 5.92 Å². The van der Waals surface area contributed by atoms with E-state index in [1.807, 2.05) is 18.3 Å². The number of rotatable bonds is 3. The van der Waals surface area contributed by atoms with E-state index in [2.05, 4.69) is 20.2 Å². The predicted molar refractivity (Wildman–Crippen MR) is 96.3 cm³/mol. The van der Waals surface area contributed by atoms with Crippen LogP contribution in [-0.2, 0) is 4.79 Å². The van der Waals surface area contributed by atoms with Gasteiger partial charge in [0.05, 0.1) is 17.8 Å². The molecule has 3 aliphatic rings. The number of piperazine rings is 1. The Morgan fingerprint density at radius 2 is 1.92 bits per heavy atom. The number of H-pyrrole nitrogens is 1. The summed E-state index contributed by atoms with van der Waals surface area (Å²) in [5.74, 6) is 0.708. The molecular formula is C18H21N5O3. The van der Waals surface area contributed by atoms with Gasteiger partial charge in [-0.1, -0.05) is 0 Å². The summed E-state index contributed by atoms with van der Waals surface area (Å²) in [5, 5.41) is 13.4. The van der Waals surface area contributed by atoms with Gasteiger partial charge in [0.1, 0.15) is 11.5 Å². The first-order chi connectivity index (χ1) is 12.6. The Labute approximate surface area is 150 Å². The molecule has 2 amide bonds. The van der Waals surface area contributed by atoms with Crippen LogP contribution < -0.4 is 10.2 Å². The summed E-state index contributed by atoms with van der Waals surface area (Å²) in [6, 6.07) is 3.96. The van der Waals surface area contributed by atoms with Gasteiger partial charge in [0.2, 0.25) is 5.91 Å². The lowest BCUT2D eigenvalue weighted by molar-refractivity contribution is -0.117. The monoisotopic (exact) mass is 355 g/mol. The van der Waals surface area contributed by atoms with Crippen molar-refractivity contribution < 1.29 is 14.7 Å². The summed E-state index contributed by atoms with van der Waals surface area (Å²) in [4.78, 5) is 35.1. The molecule has 8 heteroatoms. The normalized spacial score (nSPS) is 24.9. The van der Waals surface area contributed by atoms with E-state index < -0.39 is 6.09 Å². The number of amides is 2. The van der Waals surface area contributed by atoms with E-state index in [4.69, 9.17) is 0 Å². The number of nitrogens with zero attached hydrogens (tertiary/aromatic N) is 3. The van der Waals surface area contributed by atoms with Crippen molar-refractivity contribution in [3.63, 3.8) is 0 Å². The molecule has 5 rings (SSSR count). The fourth-order valence-corrected chi connectivity index (χ4v) is 4.33. The minimum absolute atomic E-state index is 0.0258. The van der Waals surface area contributed by atoms with Gasteiger partial charge >= 0.3 is 6.09 Å². The Kier molecular flexibility index (Phi) is 3.35. The highest BCUT2D eigenvalue weighted by Crippen LogP contribution is 2.37. The number of aromatic amines is 1. The molecule has 2 aliphatic heterocycles. The predicted octanol–water partition coefficient (Wildman–Crippen LogP) is 2.24. The van der Waals surface area contributed by atoms with Gasteiger partial charge < -0.3 is 20.3 Å². The van der Waals surface area contributed by atoms with Gasteiger partial charge in [-0.15, -0.1) is 0 Å². The van der Waals surface area contributed by atoms with Crippen LogP contribution in [0.15, 0.2) is 18.3 Å². The number of hydrogen-bond acceptors (Lipinski definition) is 4. The van der Waals surface area contributed by atoms with E-state index in [0.717, 1.165) is 42.4 Å². The van der Waals surface area contributed by atoms with Crippen molar-refractivity contribution >= 4 is 34.5 Å². The van der Waals surface area contributed by atoms with Gasteiger partial charge in [-0.3, -0.25) is 9.69 Å². The van der Waals surface area contributed by atoms with Crippen molar-refractivity contribution in [2.45, 2.75) is 37.8 Å². The fourth-order valence-electron chi connectivity index (χ4n) is 4.33. The van der Waals surface area contributed by atoms with Crippen LogP contribution in [0.3, 0.4) is 0 Å². The topological polar surface area (TPSA) is 102 Å². The minimum Gasteiger partial charge on any atom is -0.465 e. The highest BCUT2D eigenvalue weighted by Gasteiger charge is 2.43. The maximum Gasteiger partial charge on any atom is 0.407 e. The highest BCUT2D eigenvalue weighted by atomic mass is 16.4. The smallest absolute Gasteiger partial charge is 0.407 e. The first kappa shape index (κ1) is 15.5. The van der Waals surface area contributed by atoms with Crippen LogP contribution in [0.25, 0.3) is 11.0 Å². The maximum atomic E-state index is 12.1. The SMILES string of the molecule is O=C(Nc1cc(N2CC3CCC(C2)N3C(=O)O)c2cc[nH]c2n1)C1CC1. The summed E-state index contributed by atoms with van der Waals surface area (Å²) in [6.07, 6.45) is 4.72. The van der Waals surface area contributed by atoms with Crippen LogP contribution in [0.1, 0.15) is 25.7 Å². The summed E-state index contributed by atoms with van der Waals surface area (Å²) in [6.45, 7) is 1.34. The number of carboxylic acid groups (broad SMARTS) is 1. The number of carbonyl (C=O) groups excluding carboxylic acids is 1. The Bertz CT molecular complexity index is 876. The van der Waals surface area contributed by atoms with Crippen LogP contribution in [0.2, 0.25) is 0 Å². The molecule has 1 saturated carbocycles. The van der Waals surface area contributed by atoms with Crippen molar-refractivity contribution in [2.75, 3.05) is 23.3 Å². The molecule has 0 spiro atoms. The van der Waals surface area contributed by atoms with Crippen LogP contribution >= 0.6 is 0 Å². The number of hydrogen-bond donors (Lipinski definition) is 3. The maximum absolute atomic E-state index is 12.1. The molecule has 0 radical (unpaired) electrons. The Morgan fingerprint density at radius 1 is 1.19 bits per heavy atom. The average Bonchev–Trinajstić information content (AvgIpc) is 3.30. The van der Waals surface area contributed by atoms with E-state index >= 15 is 0 Å². The zero-order valence-corrected chi connectivity index (χ0v) is 14.3. The summed E-state index contributed by atoms with van der Waals surface area (Å²) >= 11 is 0. The van der Waals surface area contributed by atoms with Crippen molar-refractivity contribution in [1.82, 2.24) is 14.9 Å². The number of fused-ring (bicyclic) bond motifs is 3. The van der Waals surface area contributed by atoms with Crippen LogP contribution in [0.5, 0.6) is 0 Å². The van der Waals surface area contributed by atoms with E-state index in [1.165, 1.54) is 0 Å². The zero-order chi connectivity index (χ0) is 17.8. The number of carbonyl (C=O) groups is 2. The summed E-state index contributed by atoms with van der Waals surface area (Å²) in [7, 11) is 0. The molecule has 2 atom stereocenters. The molecule has 3 N–H and O–H groups in total. The highest BCUT2D eigenvalue weighted by molar-refractivity contribution is 5.97. The van der Waals surface area contributed by atoms with E-state index in [9.17, 15) is 14.7 Å². The number of anilines is 2. The third-order valence-electron chi connectivity index (χ3n) is 5.75. The van der Waals surface area contributed by atoms with E-state index in [1.54, 1.807) is 4.90 Å². The molecule has 2 aromatic heterocycles. The lowest BCUT2D eigenvalue weighted by atomic mass is 10.1. The molecule has 0 aromatic carbocycles. The van der Waals surface area contributed by atoms with E-state index in [-0.39, 0.29) is 23.9 Å². The fraction of sp³-hybridized carbons (Fsp3) is 0.500. The van der Waals surface area contributed by atoms with Gasteiger partial charge in [-0.25, -0.2) is 9.78 Å². The van der Waals surface area contributed by atoms with Gasteiger partial charge in [0.25, 0.3) is 0 Å². The number of aromatic nitrogens is 2. The van der Waals surface area contributed by atoms with Crippen LogP contribution in [-0.4, -0.2) is 57.1 Å². The molecule has 3 fully saturated rings. The zero-order valence-electron chi connectivity index (χ0n) is 14.3.